The summed E-state index contributed by atoms with van der Waals surface area (Å²) in [6.45, 7) is 55.1. The second-order valence-corrected chi connectivity index (χ2v) is 35.5. The lowest BCUT2D eigenvalue weighted by Gasteiger charge is -2.50. The van der Waals surface area contributed by atoms with E-state index in [0.717, 1.165) is 25.7 Å². The van der Waals surface area contributed by atoms with Crippen molar-refractivity contribution in [3.05, 3.63) is 33.7 Å². The lowest BCUT2D eigenvalue weighted by molar-refractivity contribution is -0.164. The van der Waals surface area contributed by atoms with Gasteiger partial charge in [-0.15, -0.1) is 23.5 Å². The molecule has 2 fully saturated rings. The molecule has 0 radical (unpaired) electrons. The number of hydrogen-bond acceptors (Lipinski definition) is 13. The lowest BCUT2D eigenvalue weighted by Crippen LogP contribution is -2.50. The van der Waals surface area contributed by atoms with E-state index in [4.69, 9.17) is 28.7 Å². The Bertz CT molecular complexity index is 2620. The molecule has 90 heavy (non-hydrogen) atoms. The van der Waals surface area contributed by atoms with Gasteiger partial charge < -0.3 is 39.3 Å². The van der Waals surface area contributed by atoms with E-state index in [1.54, 1.807) is 18.9 Å². The normalized spacial score (nSPS) is 22.9. The summed E-state index contributed by atoms with van der Waals surface area (Å²) in [5.74, 6) is 0.522. The van der Waals surface area contributed by atoms with Crippen molar-refractivity contribution < 1.29 is 47.7 Å². The Hall–Kier alpha value is -3.60. The SMILES string of the molecule is CCC(C)(C)C(=O)OCCSC(CC)(CC)C(=O)NC1=NC(=Cc2[nH]c(NC(=O)C(CC)(CC)SCCOCCOC)c(C(=O)OC3C(C(C)(C)C)CC(C)CC3C(C)(C)C)c2CC(C)C)C(CC(C)C)=C1C(=O)OC1C(C(C)(C)C)CC(C)CC1C(C)(C)C. The Balaban J connectivity index is 2.12. The van der Waals surface area contributed by atoms with Gasteiger partial charge in [-0.25, -0.2) is 14.6 Å². The largest absolute Gasteiger partial charge is 0.464 e. The smallest absolute Gasteiger partial charge is 0.342 e. The monoisotopic (exact) mass is 1290 g/mol. The molecule has 2 heterocycles. The van der Waals surface area contributed by atoms with Crippen LogP contribution < -0.4 is 10.6 Å². The predicted molar refractivity (Wildman–Crippen MR) is 375 cm³/mol. The molecule has 514 valence electrons. The van der Waals surface area contributed by atoms with Crippen molar-refractivity contribution in [1.82, 2.24) is 10.3 Å². The average Bonchev–Trinajstić information content (AvgIpc) is 1.38. The standard InChI is InChI=1S/C74H126N4O10S2/c1-27-72(24,25)67(83)86-35-37-90-74(30-4,31-5)66(82)78-62-58(64(80)88-60-53(70(18,19)20)42-48(11)43-54(60)71(21,22)23)50(39-46(8)9)56(76-62)44-55-49(38-45(6)7)57(61(75-55)77-65(81)73(28-2,29-3)89-36-34-85-33-32-84-26)63(79)87-59-51(68(12,13)14)40-47(10)41-52(59)69(15,16)17/h44-48,51-54,59-60,75H,27-43H2,1-26H3,(H,77,81)(H,76,78,82). The molecule has 4 atom stereocenters. The molecule has 4 rings (SSSR count). The number of hydrogen-bond donors (Lipinski definition) is 3. The summed E-state index contributed by atoms with van der Waals surface area (Å²) in [4.78, 5) is 84.5. The van der Waals surface area contributed by atoms with Gasteiger partial charge in [0.15, 0.2) is 0 Å². The van der Waals surface area contributed by atoms with E-state index in [2.05, 4.69) is 140 Å². The molecular formula is C74H126N4O10S2. The fourth-order valence-electron chi connectivity index (χ4n) is 13.8. The molecule has 14 nitrogen and oxygen atoms in total. The van der Waals surface area contributed by atoms with Crippen molar-refractivity contribution in [2.24, 2.45) is 79.4 Å². The molecule has 0 saturated heterocycles. The van der Waals surface area contributed by atoms with Crippen LogP contribution in [0.5, 0.6) is 0 Å². The number of aliphatic imine (C=N–C) groups is 1. The molecule has 1 aliphatic heterocycles. The van der Waals surface area contributed by atoms with Crippen molar-refractivity contribution >= 4 is 71.0 Å². The lowest BCUT2D eigenvalue weighted by atomic mass is 9.59. The summed E-state index contributed by atoms with van der Waals surface area (Å²) in [5.41, 5.74) is 1.33. The summed E-state index contributed by atoms with van der Waals surface area (Å²) in [6.07, 6.45) is 8.07. The molecule has 16 heteroatoms. The van der Waals surface area contributed by atoms with Crippen molar-refractivity contribution in [2.45, 2.75) is 265 Å². The van der Waals surface area contributed by atoms with E-state index in [-0.39, 0.29) is 104 Å². The van der Waals surface area contributed by atoms with Gasteiger partial charge in [0.25, 0.3) is 0 Å². The highest BCUT2D eigenvalue weighted by molar-refractivity contribution is 8.01. The summed E-state index contributed by atoms with van der Waals surface area (Å²) in [7, 11) is 1.64. The molecule has 3 aliphatic rings. The van der Waals surface area contributed by atoms with Gasteiger partial charge >= 0.3 is 17.9 Å². The fraction of sp³-hybridized carbons (Fsp3) is 0.811. The number of rotatable bonds is 29. The van der Waals surface area contributed by atoms with E-state index in [0.29, 0.717) is 111 Å². The molecule has 2 saturated carbocycles. The number of anilines is 1. The topological polar surface area (TPSA) is 184 Å². The van der Waals surface area contributed by atoms with Crippen LogP contribution >= 0.6 is 23.5 Å². The highest BCUT2D eigenvalue weighted by Gasteiger charge is 2.51. The number of nitrogens with one attached hydrogen (secondary N) is 3. The van der Waals surface area contributed by atoms with Crippen molar-refractivity contribution in [2.75, 3.05) is 50.4 Å². The van der Waals surface area contributed by atoms with Gasteiger partial charge in [0, 0.05) is 48.0 Å². The maximum absolute atomic E-state index is 15.9. The van der Waals surface area contributed by atoms with Gasteiger partial charge in [-0.2, -0.15) is 0 Å². The number of allylic oxidation sites excluding steroid dienone is 1. The summed E-state index contributed by atoms with van der Waals surface area (Å²) in [5, 5.41) is 6.57. The number of methoxy groups -OCH3 is 1. The van der Waals surface area contributed by atoms with Gasteiger partial charge in [-0.3, -0.25) is 14.4 Å². The number of carbonyl (C=O) groups is 5. The van der Waals surface area contributed by atoms with Crippen LogP contribution in [-0.4, -0.2) is 107 Å². The molecular weight excluding hydrogens is 1170 g/mol. The Morgan fingerprint density at radius 1 is 0.589 bits per heavy atom. The number of esters is 3. The molecule has 1 aromatic rings. The first-order valence-electron chi connectivity index (χ1n) is 34.5. The van der Waals surface area contributed by atoms with E-state index >= 15 is 19.2 Å². The molecule has 0 spiro atoms. The van der Waals surface area contributed by atoms with Crippen molar-refractivity contribution in [1.29, 1.82) is 0 Å². The Morgan fingerprint density at radius 3 is 1.43 bits per heavy atom. The first kappa shape index (κ1) is 78.8. The van der Waals surface area contributed by atoms with Crippen LogP contribution in [0.15, 0.2) is 21.8 Å². The average molecular weight is 1300 g/mol. The first-order valence-corrected chi connectivity index (χ1v) is 36.4. The maximum Gasteiger partial charge on any atom is 0.342 e. The zero-order valence-corrected chi connectivity index (χ0v) is 62.9. The Labute approximate surface area is 554 Å². The van der Waals surface area contributed by atoms with Gasteiger partial charge in [0.05, 0.1) is 40.4 Å². The van der Waals surface area contributed by atoms with Crippen LogP contribution in [0.25, 0.3) is 6.08 Å². The molecule has 3 N–H and O–H groups in total. The predicted octanol–water partition coefficient (Wildman–Crippen LogP) is 17.5. The number of nitrogens with zero attached hydrogens (tertiary/aromatic N) is 1. The van der Waals surface area contributed by atoms with Crippen LogP contribution in [0.4, 0.5) is 5.82 Å². The number of thioether (sulfide) groups is 2. The minimum Gasteiger partial charge on any atom is -0.464 e. The van der Waals surface area contributed by atoms with E-state index in [9.17, 15) is 4.79 Å². The Morgan fingerprint density at radius 2 is 1.02 bits per heavy atom. The number of amides is 2. The van der Waals surface area contributed by atoms with Gasteiger partial charge in [0.2, 0.25) is 11.8 Å². The second-order valence-electron chi connectivity index (χ2n) is 32.6. The summed E-state index contributed by atoms with van der Waals surface area (Å²) >= 11 is 2.99. The third-order valence-electron chi connectivity index (χ3n) is 20.0. The van der Waals surface area contributed by atoms with Crippen LogP contribution in [0.3, 0.4) is 0 Å². The van der Waals surface area contributed by atoms with E-state index in [1.165, 1.54) is 11.8 Å². The van der Waals surface area contributed by atoms with Gasteiger partial charge in [-0.05, 0) is 147 Å². The fourth-order valence-corrected chi connectivity index (χ4v) is 16.1. The number of amidine groups is 1. The quantitative estimate of drug-likeness (QED) is 0.0392. The van der Waals surface area contributed by atoms with Gasteiger partial charge in [-0.1, -0.05) is 159 Å². The Kier molecular flexibility index (Phi) is 28.6. The minimum absolute atomic E-state index is 0.0148. The zero-order valence-electron chi connectivity index (χ0n) is 61.2. The van der Waals surface area contributed by atoms with Crippen LogP contribution in [0.1, 0.15) is 259 Å². The zero-order chi connectivity index (χ0) is 68.3. The second kappa shape index (κ2) is 32.7. The molecule has 0 aromatic carbocycles. The van der Waals surface area contributed by atoms with Crippen molar-refractivity contribution in [3.8, 4) is 0 Å². The third-order valence-corrected chi connectivity index (χ3v) is 23.4. The van der Waals surface area contributed by atoms with Gasteiger partial charge in [0.1, 0.15) is 41.6 Å². The highest BCUT2D eigenvalue weighted by Crippen LogP contribution is 2.52. The molecule has 2 aliphatic carbocycles. The summed E-state index contributed by atoms with van der Waals surface area (Å²) in [6, 6.07) is 0. The number of H-pyrrole nitrogens is 1. The number of ether oxygens (including phenoxy) is 5. The number of carbonyl (C=O) groups excluding carboxylic acids is 5. The minimum atomic E-state index is -0.981. The van der Waals surface area contributed by atoms with Crippen molar-refractivity contribution in [3.63, 3.8) is 0 Å². The maximum atomic E-state index is 15.9. The highest BCUT2D eigenvalue weighted by atomic mass is 32.2. The van der Waals surface area contributed by atoms with E-state index in [1.807, 2.05) is 54.5 Å². The number of aromatic nitrogens is 1. The first-order chi connectivity index (χ1) is 41.6. The van der Waals surface area contributed by atoms with E-state index < -0.39 is 39.1 Å². The van der Waals surface area contributed by atoms with Crippen LogP contribution in [0, 0.1) is 74.4 Å². The molecule has 1 aromatic heterocycles. The molecule has 4 unspecified atom stereocenters. The molecule has 0 bridgehead atoms. The van der Waals surface area contributed by atoms with Crippen LogP contribution in [0.2, 0.25) is 0 Å². The molecule has 2 amide bonds. The third kappa shape index (κ3) is 20.2. The van der Waals surface area contributed by atoms with Crippen LogP contribution in [-0.2, 0) is 49.3 Å². The number of aromatic amines is 1. The summed E-state index contributed by atoms with van der Waals surface area (Å²) < 4.78 is 29.2.